The number of ether oxygens (including phenoxy) is 2. The molecule has 0 aliphatic carbocycles. The fourth-order valence-electron chi connectivity index (χ4n) is 3.42. The van der Waals surface area contributed by atoms with Crippen molar-refractivity contribution in [3.05, 3.63) is 75.3 Å². The van der Waals surface area contributed by atoms with Crippen LogP contribution in [0, 0.1) is 13.8 Å². The lowest BCUT2D eigenvalue weighted by atomic mass is 10.0. The van der Waals surface area contributed by atoms with Crippen molar-refractivity contribution >= 4 is 34.8 Å². The quantitative estimate of drug-likeness (QED) is 0.359. The lowest BCUT2D eigenvalue weighted by molar-refractivity contribution is -0.118. The van der Waals surface area contributed by atoms with E-state index in [-0.39, 0.29) is 29.3 Å². The summed E-state index contributed by atoms with van der Waals surface area (Å²) in [6.45, 7) is 4.14. The normalized spacial score (nSPS) is 10.6. The maximum absolute atomic E-state index is 13.6. The highest BCUT2D eigenvalue weighted by molar-refractivity contribution is 6.32. The molecule has 3 rings (SSSR count). The van der Waals surface area contributed by atoms with E-state index >= 15 is 0 Å². The molecule has 1 heterocycles. The molecule has 1 amide bonds. The summed E-state index contributed by atoms with van der Waals surface area (Å²) in [5.74, 6) is 1.12. The number of para-hydroxylation sites is 1. The lowest BCUT2D eigenvalue weighted by Crippen LogP contribution is -2.33. The van der Waals surface area contributed by atoms with Gasteiger partial charge in [0, 0.05) is 29.1 Å². The number of amides is 1. The topological polar surface area (TPSA) is 64.5 Å². The zero-order chi connectivity index (χ0) is 22.5. The number of methoxy groups -OCH3 is 2. The highest BCUT2D eigenvalue weighted by Gasteiger charge is 2.23. The Labute approximate surface area is 191 Å². The number of aromatic nitrogens is 2. The average molecular weight is 460 g/mol. The van der Waals surface area contributed by atoms with E-state index in [2.05, 4.69) is 9.97 Å². The zero-order valence-corrected chi connectivity index (χ0v) is 19.3. The van der Waals surface area contributed by atoms with Gasteiger partial charge in [0.1, 0.15) is 16.7 Å². The minimum atomic E-state index is -0.119. The van der Waals surface area contributed by atoms with Gasteiger partial charge in [-0.05, 0) is 42.6 Å². The molecule has 31 heavy (non-hydrogen) atoms. The van der Waals surface area contributed by atoms with Gasteiger partial charge >= 0.3 is 0 Å². The zero-order valence-electron chi connectivity index (χ0n) is 17.8. The molecule has 0 saturated heterocycles. The second-order valence-electron chi connectivity index (χ2n) is 7.03. The molecule has 0 radical (unpaired) electrons. The Morgan fingerprint density at radius 2 is 1.74 bits per heavy atom. The van der Waals surface area contributed by atoms with Crippen LogP contribution in [0.1, 0.15) is 22.3 Å². The molecule has 0 N–H and O–H groups in total. The second-order valence-corrected chi connectivity index (χ2v) is 7.73. The Balaban J connectivity index is 2.01. The summed E-state index contributed by atoms with van der Waals surface area (Å²) in [7, 11) is 3.15. The first-order valence-corrected chi connectivity index (χ1v) is 10.3. The maximum Gasteiger partial charge on any atom is 0.231 e. The van der Waals surface area contributed by atoms with Crippen molar-refractivity contribution < 1.29 is 14.3 Å². The predicted molar refractivity (Wildman–Crippen MR) is 122 cm³/mol. The summed E-state index contributed by atoms with van der Waals surface area (Å²) < 4.78 is 10.7. The summed E-state index contributed by atoms with van der Waals surface area (Å²) in [6, 6.07) is 11.3. The van der Waals surface area contributed by atoms with Crippen molar-refractivity contribution in [1.29, 1.82) is 0 Å². The van der Waals surface area contributed by atoms with Gasteiger partial charge in [-0.25, -0.2) is 9.97 Å². The third kappa shape index (κ3) is 5.27. The minimum absolute atomic E-state index is 0.0571. The van der Waals surface area contributed by atoms with E-state index in [9.17, 15) is 4.79 Å². The molecule has 0 spiro atoms. The van der Waals surface area contributed by atoms with Gasteiger partial charge in [-0.3, -0.25) is 4.79 Å². The van der Waals surface area contributed by atoms with E-state index in [1.54, 1.807) is 37.4 Å². The number of carbonyl (C=O) groups excluding carboxylic acids is 1. The first kappa shape index (κ1) is 22.8. The van der Waals surface area contributed by atoms with Gasteiger partial charge in [0.15, 0.2) is 0 Å². The standard InChI is InChI=1S/C23H23Cl2N3O3/c1-14-6-5-7-15(2)21(14)28(13-17-12-26-23(25)27-22(17)24)20(29)10-16-8-9-18(30-3)11-19(16)31-4/h5-9,11-12H,10,13H2,1-4H3. The van der Waals surface area contributed by atoms with E-state index in [4.69, 9.17) is 32.7 Å². The number of carbonyl (C=O) groups is 1. The molecule has 0 unspecified atom stereocenters. The van der Waals surface area contributed by atoms with Crippen molar-refractivity contribution in [2.75, 3.05) is 19.1 Å². The Bertz CT molecular complexity index is 1090. The molecule has 8 heteroatoms. The number of halogens is 2. The molecule has 0 atom stereocenters. The molecule has 0 bridgehead atoms. The van der Waals surface area contributed by atoms with Crippen molar-refractivity contribution in [3.63, 3.8) is 0 Å². The number of nitrogens with zero attached hydrogens (tertiary/aromatic N) is 3. The van der Waals surface area contributed by atoms with Crippen LogP contribution in [0.3, 0.4) is 0 Å². The van der Waals surface area contributed by atoms with Crippen molar-refractivity contribution in [2.45, 2.75) is 26.8 Å². The molecular weight excluding hydrogens is 437 g/mol. The molecule has 1 aromatic heterocycles. The first-order chi connectivity index (χ1) is 14.8. The fraction of sp³-hybridized carbons (Fsp3) is 0.261. The monoisotopic (exact) mass is 459 g/mol. The van der Waals surface area contributed by atoms with Crippen molar-refractivity contribution in [3.8, 4) is 11.5 Å². The van der Waals surface area contributed by atoms with Crippen LogP contribution in [0.2, 0.25) is 10.4 Å². The van der Waals surface area contributed by atoms with Crippen LogP contribution in [-0.4, -0.2) is 30.1 Å². The van der Waals surface area contributed by atoms with Gasteiger partial charge in [0.05, 0.1) is 27.2 Å². The van der Waals surface area contributed by atoms with Gasteiger partial charge in [0.25, 0.3) is 0 Å². The second kappa shape index (κ2) is 9.98. The Morgan fingerprint density at radius 3 is 2.35 bits per heavy atom. The summed E-state index contributed by atoms with van der Waals surface area (Å²) in [5.41, 5.74) is 4.12. The van der Waals surface area contributed by atoms with Gasteiger partial charge in [-0.2, -0.15) is 0 Å². The maximum atomic E-state index is 13.6. The highest BCUT2D eigenvalue weighted by Crippen LogP contribution is 2.30. The SMILES string of the molecule is COc1ccc(CC(=O)N(Cc2cnc(Cl)nc2Cl)c2c(C)cccc2C)c(OC)c1. The number of aryl methyl sites for hydroxylation is 2. The van der Waals surface area contributed by atoms with E-state index < -0.39 is 0 Å². The van der Waals surface area contributed by atoms with E-state index in [0.717, 1.165) is 22.4 Å². The summed E-state index contributed by atoms with van der Waals surface area (Å²) in [6.07, 6.45) is 1.67. The van der Waals surface area contributed by atoms with E-state index in [0.29, 0.717) is 17.1 Å². The summed E-state index contributed by atoms with van der Waals surface area (Å²) >= 11 is 12.1. The van der Waals surface area contributed by atoms with Crippen LogP contribution >= 0.6 is 23.2 Å². The van der Waals surface area contributed by atoms with Crippen LogP contribution < -0.4 is 14.4 Å². The first-order valence-electron chi connectivity index (χ1n) is 9.58. The molecule has 162 valence electrons. The van der Waals surface area contributed by atoms with Crippen LogP contribution in [0.4, 0.5) is 5.69 Å². The number of rotatable bonds is 7. The van der Waals surface area contributed by atoms with Gasteiger partial charge < -0.3 is 14.4 Å². The molecule has 0 aliphatic rings. The van der Waals surface area contributed by atoms with Crippen LogP contribution in [0.5, 0.6) is 11.5 Å². The number of anilines is 1. The largest absolute Gasteiger partial charge is 0.497 e. The Morgan fingerprint density at radius 1 is 1.03 bits per heavy atom. The lowest BCUT2D eigenvalue weighted by Gasteiger charge is -2.27. The van der Waals surface area contributed by atoms with Crippen LogP contribution in [-0.2, 0) is 17.8 Å². The van der Waals surface area contributed by atoms with E-state index in [1.165, 1.54) is 0 Å². The molecular formula is C23H23Cl2N3O3. The van der Waals surface area contributed by atoms with Gasteiger partial charge in [-0.15, -0.1) is 0 Å². The molecule has 6 nitrogen and oxygen atoms in total. The van der Waals surface area contributed by atoms with Crippen LogP contribution in [0.15, 0.2) is 42.6 Å². The number of hydrogen-bond donors (Lipinski definition) is 0. The molecule has 0 fully saturated rings. The molecule has 0 aliphatic heterocycles. The number of benzene rings is 2. The Kier molecular flexibility index (Phi) is 7.36. The number of hydrogen-bond acceptors (Lipinski definition) is 5. The van der Waals surface area contributed by atoms with Crippen molar-refractivity contribution in [2.24, 2.45) is 0 Å². The summed E-state index contributed by atoms with van der Waals surface area (Å²) in [4.78, 5) is 23.3. The van der Waals surface area contributed by atoms with Gasteiger partial charge in [0.2, 0.25) is 11.2 Å². The molecule has 2 aromatic carbocycles. The Hall–Kier alpha value is -2.83. The third-order valence-corrected chi connectivity index (χ3v) is 5.47. The minimum Gasteiger partial charge on any atom is -0.497 e. The van der Waals surface area contributed by atoms with E-state index in [1.807, 2.05) is 38.1 Å². The predicted octanol–water partition coefficient (Wildman–Crippen LogP) is 5.19. The third-order valence-electron chi connectivity index (χ3n) is 4.96. The van der Waals surface area contributed by atoms with Crippen molar-refractivity contribution in [1.82, 2.24) is 9.97 Å². The highest BCUT2D eigenvalue weighted by atomic mass is 35.5. The van der Waals surface area contributed by atoms with Gasteiger partial charge in [-0.1, -0.05) is 35.9 Å². The smallest absolute Gasteiger partial charge is 0.231 e. The fourth-order valence-corrected chi connectivity index (χ4v) is 3.79. The summed E-state index contributed by atoms with van der Waals surface area (Å²) in [5, 5.41) is 0.271. The van der Waals surface area contributed by atoms with Crippen LogP contribution in [0.25, 0.3) is 0 Å². The average Bonchev–Trinajstić information content (AvgIpc) is 2.74. The molecule has 0 saturated carbocycles. The molecule has 3 aromatic rings.